The quantitative estimate of drug-likeness (QED) is 0.0284. The van der Waals surface area contributed by atoms with Gasteiger partial charge in [0.25, 0.3) is 10.1 Å². The average Bonchev–Trinajstić information content (AvgIpc) is 1.56. The molecule has 4 saturated carbocycles. The zero-order valence-electron chi connectivity index (χ0n) is 65.6. The minimum absolute atomic E-state index is 0. The molecule has 10 atom stereocenters. The van der Waals surface area contributed by atoms with Crippen LogP contribution in [0.4, 0.5) is 9.59 Å². The number of amides is 6. The van der Waals surface area contributed by atoms with Crippen LogP contribution >= 0.6 is 15.9 Å². The highest BCUT2D eigenvalue weighted by Crippen LogP contribution is 2.48. The number of aromatic nitrogens is 2. The SMILES string of the molecule is C.COC(=O)[C@@]12CC1/C=C\CCCCC[C@H](NC(=O)OC1CCCC1)C(=O)N1C[C@H](OS(=O)(=O)c3ccc(Br)cc3)C[C@H]1C(=O)N2.COC(=O)c1cc(=O)c2cccc(S(C)(=O)=O)c2[nH]1.COC(=O)c1cc(O[C@@H]2C[C@H]3C(=O)N[C@]4(C(=O)OC)CC4/C=C\CCCCC[C@H](NC(=O)OC4CCCC4)C(=O)N3C2)c2cccc(S(C)(=O)=O)c2n1. The van der Waals surface area contributed by atoms with Crippen LogP contribution in [-0.4, -0.2) is 218 Å². The number of allylic oxidation sites excluding steroid dienone is 2. The summed E-state index contributed by atoms with van der Waals surface area (Å²) in [6.07, 6.45) is 20.2. The number of pyridine rings is 2. The molecule has 0 spiro atoms. The van der Waals surface area contributed by atoms with Crippen molar-refractivity contribution < 1.29 is 111 Å². The monoisotopic (exact) mass is 1760 g/mol. The molecule has 8 aliphatic rings. The summed E-state index contributed by atoms with van der Waals surface area (Å²) < 4.78 is 118. The lowest BCUT2D eigenvalue weighted by molar-refractivity contribution is -0.148. The lowest BCUT2D eigenvalue weighted by Gasteiger charge is -2.29. The molecule has 0 radical (unpaired) electrons. The predicted molar refractivity (Wildman–Crippen MR) is 431 cm³/mol. The van der Waals surface area contributed by atoms with Gasteiger partial charge in [-0.1, -0.05) is 85.5 Å². The van der Waals surface area contributed by atoms with Crippen LogP contribution in [0.3, 0.4) is 0 Å². The molecule has 4 aliphatic heterocycles. The number of ether oxygens (including phenoxy) is 7. The minimum Gasteiger partial charge on any atom is -0.488 e. The Hall–Kier alpha value is -9.85. The number of nitrogens with one attached hydrogen (secondary N) is 5. The maximum Gasteiger partial charge on any atom is 0.408 e. The number of alkyl carbamates (subject to hydrolysis) is 2. The maximum atomic E-state index is 14.5. The highest BCUT2D eigenvalue weighted by atomic mass is 79.9. The van der Waals surface area contributed by atoms with E-state index in [0.717, 1.165) is 108 Å². The number of halogens is 1. The molecule has 2 aromatic heterocycles. The van der Waals surface area contributed by atoms with Crippen LogP contribution < -0.4 is 31.4 Å². The Labute approximate surface area is 692 Å². The number of hydrogen-bond donors (Lipinski definition) is 5. The van der Waals surface area contributed by atoms with E-state index in [-0.39, 0.29) is 111 Å². The van der Waals surface area contributed by atoms with Gasteiger partial charge in [-0.2, -0.15) is 8.42 Å². The fourth-order valence-corrected chi connectivity index (χ4v) is 18.9. The number of methoxy groups -OCH3 is 4. The van der Waals surface area contributed by atoms with Gasteiger partial charge in [-0.05, 0) is 151 Å². The molecule has 6 amide bonds. The van der Waals surface area contributed by atoms with E-state index >= 15 is 0 Å². The summed E-state index contributed by atoms with van der Waals surface area (Å²) in [5.41, 5.74) is -3.20. The number of fused-ring (bicyclic) bond motifs is 6. The number of benzene rings is 3. The molecule has 13 rings (SSSR count). The van der Waals surface area contributed by atoms with Crippen LogP contribution in [0.1, 0.15) is 170 Å². The second kappa shape index (κ2) is 38.9. The van der Waals surface area contributed by atoms with Crippen molar-refractivity contribution in [1.29, 1.82) is 0 Å². The van der Waals surface area contributed by atoms with Crippen molar-refractivity contribution in [1.82, 2.24) is 41.0 Å². The van der Waals surface area contributed by atoms with Crippen molar-refractivity contribution in [3.63, 3.8) is 0 Å². The van der Waals surface area contributed by atoms with E-state index in [2.05, 4.69) is 51.9 Å². The van der Waals surface area contributed by atoms with Gasteiger partial charge in [0.2, 0.25) is 23.6 Å². The van der Waals surface area contributed by atoms with E-state index in [1.165, 1.54) is 86.8 Å². The zero-order chi connectivity index (χ0) is 84.3. The normalized spacial score (nSPS) is 25.7. The fourth-order valence-electron chi connectivity index (χ4n) is 15.9. The summed E-state index contributed by atoms with van der Waals surface area (Å²) in [5.74, 6) is -5.49. The molecule has 5 N–H and O–H groups in total. The van der Waals surface area contributed by atoms with Crippen molar-refractivity contribution in [2.24, 2.45) is 11.8 Å². The Morgan fingerprint density at radius 1 is 0.542 bits per heavy atom. The summed E-state index contributed by atoms with van der Waals surface area (Å²) in [6.45, 7) is -0.318. The molecule has 118 heavy (non-hydrogen) atoms. The number of nitrogens with zero attached hydrogens (tertiary/aromatic N) is 3. The molecule has 3 aromatic carbocycles. The number of esters is 4. The van der Waals surface area contributed by atoms with E-state index in [1.807, 2.05) is 24.3 Å². The first kappa shape index (κ1) is 90.5. The second-order valence-corrected chi connectivity index (χ2v) is 36.9. The minimum atomic E-state index is -4.24. The molecule has 6 fully saturated rings. The van der Waals surface area contributed by atoms with Crippen molar-refractivity contribution in [3.8, 4) is 5.75 Å². The van der Waals surface area contributed by atoms with Crippen molar-refractivity contribution in [2.75, 3.05) is 54.0 Å². The highest BCUT2D eigenvalue weighted by Gasteiger charge is 2.63. The topological polar surface area (TPSA) is 447 Å². The molecule has 33 nitrogen and oxygen atoms in total. The number of hydrogen-bond acceptors (Lipinski definition) is 26. The van der Waals surface area contributed by atoms with Crippen LogP contribution in [0.5, 0.6) is 5.75 Å². The van der Waals surface area contributed by atoms with Crippen LogP contribution in [0.15, 0.2) is 121 Å². The standard InChI is InChI=1S/C37H46N4O11S.C31H40BrN3O9S.C12H11NO5S.CH4/c1-49-34(44)27-19-29(25-15-11-17-30(31(25)38-27)53(3,47)48)51-24-18-28-32(42)40-37(35(45)50-2)20-22(37)12-7-5-4-6-8-16-26(33(43)41(28)21-24)39-36(46)52-23-13-9-10-14-23;1-42-29(38)31-18-20(31)9-5-3-2-4-6-12-25(33-30(39)43-22-10-7-8-11-22)28(37)35-19-23(17-26(35)27(36)34-31)44-45(40,41)24-15-13-21(32)14-16-24;1-18-12(15)8-6-9(14)7-4-3-5-10(11(7)13-8)19(2,16)17;/h7,11-12,15,17,19,22-24,26,28H,4-6,8-10,13-14,16,18,20-21H2,1-3H3,(H,39,46)(H,40,42);5,9,13-16,20,22-23,25-26H,2-4,6-8,10-12,17-19H2,1H3,(H,33,39)(H,34,36);3-6H,1-2H3,(H,13,14);1H4/b12-7-;9-5-;;/t22?,24-,26+,28+,37-;20?,23-,25+,26+,31-;;/m11../s1. The molecule has 37 heteroatoms. The number of carbonyl (C=O) groups excluding carboxylic acids is 10. The number of H-pyrrole nitrogens is 1. The third-order valence-electron chi connectivity index (χ3n) is 22.2. The predicted octanol–water partition coefficient (Wildman–Crippen LogP) is 8.46. The van der Waals surface area contributed by atoms with Gasteiger partial charge in [0.1, 0.15) is 65.0 Å². The molecular weight excluding hydrogens is 1660 g/mol. The maximum absolute atomic E-state index is 14.5. The van der Waals surface area contributed by atoms with E-state index in [9.17, 15) is 78.0 Å². The molecule has 640 valence electrons. The number of sulfone groups is 2. The van der Waals surface area contributed by atoms with Crippen LogP contribution in [0, 0.1) is 11.8 Å². The van der Waals surface area contributed by atoms with Gasteiger partial charge in [-0.3, -0.25) is 28.2 Å². The van der Waals surface area contributed by atoms with Gasteiger partial charge >= 0.3 is 36.1 Å². The second-order valence-electron chi connectivity index (χ2n) is 30.4. The third-order valence-corrected chi connectivity index (χ3v) is 26.3. The van der Waals surface area contributed by atoms with E-state index < -0.39 is 142 Å². The molecule has 2 saturated heterocycles. The summed E-state index contributed by atoms with van der Waals surface area (Å²) in [5, 5.41) is 11.7. The summed E-state index contributed by atoms with van der Waals surface area (Å²) in [4.78, 5) is 154. The first-order valence-electron chi connectivity index (χ1n) is 38.9. The molecular formula is C81H101BrN8O25S3. The smallest absolute Gasteiger partial charge is 0.408 e. The number of aromatic amines is 1. The summed E-state index contributed by atoms with van der Waals surface area (Å²) >= 11 is 3.28. The lowest BCUT2D eigenvalue weighted by atomic mass is 10.0. The Morgan fingerprint density at radius 3 is 1.49 bits per heavy atom. The Bertz CT molecular complexity index is 5110. The third kappa shape index (κ3) is 21.6. The number of rotatable bonds is 15. The van der Waals surface area contributed by atoms with E-state index in [0.29, 0.717) is 43.0 Å². The van der Waals surface area contributed by atoms with Gasteiger partial charge in [0, 0.05) is 71.1 Å². The Morgan fingerprint density at radius 2 is 1.01 bits per heavy atom. The van der Waals surface area contributed by atoms with E-state index in [1.54, 1.807) is 18.2 Å². The van der Waals surface area contributed by atoms with Crippen molar-refractivity contribution in [3.05, 3.63) is 123 Å². The van der Waals surface area contributed by atoms with Crippen LogP contribution in [0.25, 0.3) is 21.8 Å². The number of carbonyl (C=O) groups is 10. The first-order chi connectivity index (χ1) is 55.7. The van der Waals surface area contributed by atoms with Crippen molar-refractivity contribution in [2.45, 2.75) is 223 Å². The molecule has 4 aliphatic carbocycles. The van der Waals surface area contributed by atoms with Gasteiger partial charge in [-0.25, -0.2) is 50.6 Å². The average molecular weight is 1760 g/mol. The highest BCUT2D eigenvalue weighted by molar-refractivity contribution is 9.10. The van der Waals surface area contributed by atoms with E-state index in [4.69, 9.17) is 32.6 Å². The molecule has 0 bridgehead atoms. The summed E-state index contributed by atoms with van der Waals surface area (Å²) in [6, 6.07) is 12.9. The molecule has 5 aromatic rings. The molecule has 6 heterocycles. The largest absolute Gasteiger partial charge is 0.488 e. The van der Waals surface area contributed by atoms with Gasteiger partial charge in [0.15, 0.2) is 30.8 Å². The fraction of sp³-hybridized carbons (Fsp3) is 0.531. The van der Waals surface area contributed by atoms with Crippen LogP contribution in [0.2, 0.25) is 0 Å². The van der Waals surface area contributed by atoms with Crippen molar-refractivity contribution >= 4 is 127 Å². The van der Waals surface area contributed by atoms with Gasteiger partial charge < -0.3 is 69.2 Å². The molecule has 2 unspecified atom stereocenters. The van der Waals surface area contributed by atoms with Gasteiger partial charge in [-0.15, -0.1) is 0 Å². The Balaban J connectivity index is 0.000000204. The number of para-hydroxylation sites is 2. The summed E-state index contributed by atoms with van der Waals surface area (Å²) in [7, 11) is -6.70. The van der Waals surface area contributed by atoms with Crippen LogP contribution in [-0.2, 0) is 91.2 Å². The first-order valence-corrected chi connectivity index (χ1v) is 44.9. The zero-order valence-corrected chi connectivity index (χ0v) is 69.7. The Kier molecular flexibility index (Phi) is 29.8. The lowest BCUT2D eigenvalue weighted by Crippen LogP contribution is -2.56. The van der Waals surface area contributed by atoms with Gasteiger partial charge in [0.05, 0.1) is 66.8 Å².